The first-order valence-electron chi connectivity index (χ1n) is 8.33. The SMILES string of the molecule is CCc1cnc(CNC(=NC)N2CC3C4CCC(O4)C3C2)s1.I. The van der Waals surface area contributed by atoms with Crippen molar-refractivity contribution in [3.8, 4) is 0 Å². The summed E-state index contributed by atoms with van der Waals surface area (Å²) in [4.78, 5) is 12.7. The van der Waals surface area contributed by atoms with Gasteiger partial charge in [0.2, 0.25) is 0 Å². The second-order valence-electron chi connectivity index (χ2n) is 6.50. The predicted octanol–water partition coefficient (Wildman–Crippen LogP) is 2.51. The van der Waals surface area contributed by atoms with Crippen LogP contribution in [0.4, 0.5) is 0 Å². The van der Waals surface area contributed by atoms with Crippen LogP contribution in [0.2, 0.25) is 0 Å². The number of likely N-dealkylation sites (tertiary alicyclic amines) is 1. The second-order valence-corrected chi connectivity index (χ2v) is 7.70. The molecule has 0 aromatic carbocycles. The maximum atomic E-state index is 6.05. The lowest BCUT2D eigenvalue weighted by Crippen LogP contribution is -2.40. The van der Waals surface area contributed by atoms with E-state index in [0.717, 1.165) is 37.0 Å². The van der Waals surface area contributed by atoms with Gasteiger partial charge in [-0.3, -0.25) is 4.99 Å². The van der Waals surface area contributed by atoms with Crippen molar-refractivity contribution in [3.05, 3.63) is 16.1 Å². The number of fused-ring (bicyclic) bond motifs is 5. The number of aryl methyl sites for hydroxylation is 1. The third-order valence-electron chi connectivity index (χ3n) is 5.31. The van der Waals surface area contributed by atoms with Crippen molar-refractivity contribution in [1.29, 1.82) is 0 Å². The van der Waals surface area contributed by atoms with Gasteiger partial charge in [-0.2, -0.15) is 0 Å². The zero-order chi connectivity index (χ0) is 15.1. The van der Waals surface area contributed by atoms with E-state index in [4.69, 9.17) is 4.74 Å². The van der Waals surface area contributed by atoms with Gasteiger partial charge in [0.25, 0.3) is 0 Å². The van der Waals surface area contributed by atoms with Crippen molar-refractivity contribution in [2.75, 3.05) is 20.1 Å². The van der Waals surface area contributed by atoms with E-state index in [2.05, 4.69) is 27.1 Å². The number of rotatable bonds is 3. The highest BCUT2D eigenvalue weighted by Crippen LogP contribution is 2.47. The molecule has 1 aromatic heterocycles. The third kappa shape index (κ3) is 3.24. The fourth-order valence-electron chi connectivity index (χ4n) is 4.21. The number of ether oxygens (including phenoxy) is 1. The number of aliphatic imine (C=N–C) groups is 1. The molecule has 1 aromatic rings. The van der Waals surface area contributed by atoms with Crippen molar-refractivity contribution >= 4 is 41.3 Å². The maximum absolute atomic E-state index is 6.05. The molecule has 0 saturated carbocycles. The molecule has 2 bridgehead atoms. The van der Waals surface area contributed by atoms with Gasteiger partial charge in [0.15, 0.2) is 5.96 Å². The van der Waals surface area contributed by atoms with Crippen LogP contribution in [0, 0.1) is 11.8 Å². The number of hydrogen-bond acceptors (Lipinski definition) is 4. The van der Waals surface area contributed by atoms with Gasteiger partial charge in [0, 0.05) is 43.0 Å². The minimum absolute atomic E-state index is 0. The van der Waals surface area contributed by atoms with E-state index < -0.39 is 0 Å². The average Bonchev–Trinajstić information content (AvgIpc) is 3.29. The average molecular weight is 448 g/mol. The lowest BCUT2D eigenvalue weighted by molar-refractivity contribution is 0.0767. The Labute approximate surface area is 158 Å². The van der Waals surface area contributed by atoms with E-state index >= 15 is 0 Å². The molecule has 5 nitrogen and oxygen atoms in total. The predicted molar refractivity (Wildman–Crippen MR) is 104 cm³/mol. The van der Waals surface area contributed by atoms with Gasteiger partial charge in [-0.1, -0.05) is 6.92 Å². The molecule has 4 heterocycles. The van der Waals surface area contributed by atoms with Gasteiger partial charge in [-0.25, -0.2) is 4.98 Å². The topological polar surface area (TPSA) is 49.8 Å². The summed E-state index contributed by atoms with van der Waals surface area (Å²) in [6.07, 6.45) is 6.56. The number of hydrogen-bond donors (Lipinski definition) is 1. The molecule has 7 heteroatoms. The third-order valence-corrected chi connectivity index (χ3v) is 6.45. The molecule has 3 aliphatic rings. The second kappa shape index (κ2) is 7.23. The molecule has 3 saturated heterocycles. The first-order valence-corrected chi connectivity index (χ1v) is 9.14. The molecule has 4 atom stereocenters. The lowest BCUT2D eigenvalue weighted by Gasteiger charge is -2.23. The van der Waals surface area contributed by atoms with Crippen LogP contribution < -0.4 is 5.32 Å². The van der Waals surface area contributed by atoms with Crippen LogP contribution >= 0.6 is 35.3 Å². The summed E-state index contributed by atoms with van der Waals surface area (Å²) in [7, 11) is 1.88. The van der Waals surface area contributed by atoms with Crippen LogP contribution in [0.15, 0.2) is 11.2 Å². The highest BCUT2D eigenvalue weighted by molar-refractivity contribution is 14.0. The summed E-state index contributed by atoms with van der Waals surface area (Å²) < 4.78 is 6.05. The molecule has 3 aliphatic heterocycles. The van der Waals surface area contributed by atoms with Crippen molar-refractivity contribution in [2.24, 2.45) is 16.8 Å². The van der Waals surface area contributed by atoms with E-state index in [0.29, 0.717) is 24.0 Å². The Morgan fingerprint density at radius 1 is 1.39 bits per heavy atom. The van der Waals surface area contributed by atoms with Crippen LogP contribution in [0.25, 0.3) is 0 Å². The van der Waals surface area contributed by atoms with Gasteiger partial charge >= 0.3 is 0 Å². The highest BCUT2D eigenvalue weighted by atomic mass is 127. The minimum Gasteiger partial charge on any atom is -0.374 e. The van der Waals surface area contributed by atoms with Crippen molar-refractivity contribution in [2.45, 2.75) is 44.9 Å². The molecule has 0 aliphatic carbocycles. The molecule has 23 heavy (non-hydrogen) atoms. The molecule has 0 amide bonds. The van der Waals surface area contributed by atoms with E-state index in [-0.39, 0.29) is 24.0 Å². The molecular formula is C16H25IN4OS. The number of nitrogens with zero attached hydrogens (tertiary/aromatic N) is 3. The molecular weight excluding hydrogens is 423 g/mol. The number of aromatic nitrogens is 1. The summed E-state index contributed by atoms with van der Waals surface area (Å²) >= 11 is 1.79. The zero-order valence-corrected chi connectivity index (χ0v) is 16.8. The van der Waals surface area contributed by atoms with Crippen LogP contribution in [0.5, 0.6) is 0 Å². The Bertz CT molecular complexity index is 560. The fourth-order valence-corrected chi connectivity index (χ4v) is 5.02. The lowest BCUT2D eigenvalue weighted by atomic mass is 9.82. The number of guanidine groups is 1. The van der Waals surface area contributed by atoms with Gasteiger partial charge in [-0.05, 0) is 19.3 Å². The van der Waals surface area contributed by atoms with Crippen molar-refractivity contribution in [1.82, 2.24) is 15.2 Å². The molecule has 4 rings (SSSR count). The standard InChI is InChI=1S/C16H24N4OS.HI/c1-3-10-6-18-15(22-10)7-19-16(17-2)20-8-11-12(9-20)14-5-4-13(11)21-14;/h6,11-14H,3-5,7-9H2,1-2H3,(H,17,19);1H. The van der Waals surface area contributed by atoms with E-state index in [1.54, 1.807) is 11.3 Å². The molecule has 4 unspecified atom stereocenters. The first kappa shape index (κ1) is 17.4. The molecule has 0 spiro atoms. The highest BCUT2D eigenvalue weighted by Gasteiger charge is 2.53. The Hall–Kier alpha value is -0.410. The van der Waals surface area contributed by atoms with Crippen molar-refractivity contribution in [3.63, 3.8) is 0 Å². The van der Waals surface area contributed by atoms with Gasteiger partial charge in [0.1, 0.15) is 5.01 Å². The van der Waals surface area contributed by atoms with Crippen LogP contribution in [-0.4, -0.2) is 48.2 Å². The van der Waals surface area contributed by atoms with Gasteiger partial charge < -0.3 is 15.0 Å². The Morgan fingerprint density at radius 3 is 2.65 bits per heavy atom. The monoisotopic (exact) mass is 448 g/mol. The van der Waals surface area contributed by atoms with Crippen LogP contribution in [-0.2, 0) is 17.7 Å². The minimum atomic E-state index is 0. The fraction of sp³-hybridized carbons (Fsp3) is 0.750. The maximum Gasteiger partial charge on any atom is 0.194 e. The Morgan fingerprint density at radius 2 is 2.09 bits per heavy atom. The summed E-state index contributed by atoms with van der Waals surface area (Å²) in [5, 5.41) is 4.63. The summed E-state index contributed by atoms with van der Waals surface area (Å²) in [5.74, 6) is 2.44. The Kier molecular flexibility index (Phi) is 5.47. The zero-order valence-electron chi connectivity index (χ0n) is 13.7. The Balaban J connectivity index is 0.00000156. The summed E-state index contributed by atoms with van der Waals surface area (Å²) in [5.41, 5.74) is 0. The molecule has 128 valence electrons. The van der Waals surface area contributed by atoms with Crippen LogP contribution in [0.3, 0.4) is 0 Å². The van der Waals surface area contributed by atoms with Crippen LogP contribution in [0.1, 0.15) is 29.7 Å². The van der Waals surface area contributed by atoms with E-state index in [1.165, 1.54) is 17.7 Å². The molecule has 3 fully saturated rings. The quantitative estimate of drug-likeness (QED) is 0.439. The van der Waals surface area contributed by atoms with Gasteiger partial charge in [-0.15, -0.1) is 35.3 Å². The molecule has 0 radical (unpaired) electrons. The summed E-state index contributed by atoms with van der Waals surface area (Å²) in [6.45, 7) is 5.11. The largest absolute Gasteiger partial charge is 0.374 e. The number of thiazole rings is 1. The van der Waals surface area contributed by atoms with E-state index in [1.807, 2.05) is 13.2 Å². The van der Waals surface area contributed by atoms with E-state index in [9.17, 15) is 0 Å². The summed E-state index contributed by atoms with van der Waals surface area (Å²) in [6, 6.07) is 0. The van der Waals surface area contributed by atoms with Gasteiger partial charge in [0.05, 0.1) is 18.8 Å². The first-order chi connectivity index (χ1) is 10.8. The normalized spacial score (nSPS) is 32.1. The van der Waals surface area contributed by atoms with Crippen molar-refractivity contribution < 1.29 is 4.74 Å². The number of nitrogens with one attached hydrogen (secondary N) is 1. The number of halogens is 1. The smallest absolute Gasteiger partial charge is 0.194 e. The molecule has 1 N–H and O–H groups in total.